The van der Waals surface area contributed by atoms with E-state index >= 15 is 0 Å². The first-order chi connectivity index (χ1) is 8.24. The Bertz CT molecular complexity index is 546. The molecule has 2 heterocycles. The van der Waals surface area contributed by atoms with Gasteiger partial charge < -0.3 is 20.2 Å². The van der Waals surface area contributed by atoms with E-state index < -0.39 is 0 Å². The van der Waals surface area contributed by atoms with E-state index in [1.165, 1.54) is 10.9 Å². The molecule has 3 N–H and O–H groups in total. The lowest BCUT2D eigenvalue weighted by atomic mass is 10.1. The van der Waals surface area contributed by atoms with E-state index in [0.29, 0.717) is 13.2 Å². The SMILES string of the molecule is C[C@H](N)Cc1c[nH]c2cc3c(cc12)OCCO3. The predicted octanol–water partition coefficient (Wildman–Crippen LogP) is 1.83. The summed E-state index contributed by atoms with van der Waals surface area (Å²) >= 11 is 0. The van der Waals surface area contributed by atoms with Crippen molar-refractivity contribution < 1.29 is 9.47 Å². The van der Waals surface area contributed by atoms with Gasteiger partial charge in [-0.2, -0.15) is 0 Å². The lowest BCUT2D eigenvalue weighted by Crippen LogP contribution is -2.17. The van der Waals surface area contributed by atoms with Gasteiger partial charge in [-0.25, -0.2) is 0 Å². The van der Waals surface area contributed by atoms with Crippen LogP contribution >= 0.6 is 0 Å². The summed E-state index contributed by atoms with van der Waals surface area (Å²) in [5.41, 5.74) is 8.15. The Balaban J connectivity index is 2.09. The van der Waals surface area contributed by atoms with Crippen LogP contribution in [0.2, 0.25) is 0 Å². The number of aromatic amines is 1. The molecule has 1 aliphatic heterocycles. The highest BCUT2D eigenvalue weighted by Crippen LogP contribution is 2.35. The Morgan fingerprint density at radius 3 is 2.71 bits per heavy atom. The van der Waals surface area contributed by atoms with Crippen molar-refractivity contribution >= 4 is 10.9 Å². The number of ether oxygens (including phenoxy) is 2. The molecular weight excluding hydrogens is 216 g/mol. The summed E-state index contributed by atoms with van der Waals surface area (Å²) in [5.74, 6) is 1.65. The molecule has 0 bridgehead atoms. The Labute approximate surface area is 99.7 Å². The highest BCUT2D eigenvalue weighted by Gasteiger charge is 2.15. The molecule has 0 unspecified atom stereocenters. The zero-order chi connectivity index (χ0) is 11.8. The number of H-pyrrole nitrogens is 1. The Hall–Kier alpha value is -1.68. The highest BCUT2D eigenvalue weighted by atomic mass is 16.6. The van der Waals surface area contributed by atoms with Gasteiger partial charge in [-0.1, -0.05) is 0 Å². The molecule has 0 aliphatic carbocycles. The van der Waals surface area contributed by atoms with Gasteiger partial charge in [0, 0.05) is 29.2 Å². The van der Waals surface area contributed by atoms with E-state index in [1.54, 1.807) is 0 Å². The topological polar surface area (TPSA) is 60.3 Å². The lowest BCUT2D eigenvalue weighted by molar-refractivity contribution is 0.172. The second kappa shape index (κ2) is 3.96. The summed E-state index contributed by atoms with van der Waals surface area (Å²) in [7, 11) is 0. The maximum atomic E-state index is 5.84. The lowest BCUT2D eigenvalue weighted by Gasteiger charge is -2.18. The third-order valence-corrected chi connectivity index (χ3v) is 2.97. The van der Waals surface area contributed by atoms with Gasteiger partial charge in [-0.05, 0) is 25.0 Å². The standard InChI is InChI=1S/C13H16N2O2/c1-8(14)4-9-7-15-11-6-13-12(5-10(9)11)16-2-3-17-13/h5-8,15H,2-4,14H2,1H3/t8-/m0/s1. The quantitative estimate of drug-likeness (QED) is 0.830. The summed E-state index contributed by atoms with van der Waals surface area (Å²) in [6.45, 7) is 3.24. The monoisotopic (exact) mass is 232 g/mol. The third-order valence-electron chi connectivity index (χ3n) is 2.97. The van der Waals surface area contributed by atoms with Gasteiger partial charge in [0.2, 0.25) is 0 Å². The number of hydrogen-bond donors (Lipinski definition) is 2. The van der Waals surface area contributed by atoms with Crippen molar-refractivity contribution in [3.05, 3.63) is 23.9 Å². The average Bonchev–Trinajstić information content (AvgIpc) is 2.68. The van der Waals surface area contributed by atoms with Crippen LogP contribution in [-0.4, -0.2) is 24.2 Å². The molecule has 4 nitrogen and oxygen atoms in total. The number of rotatable bonds is 2. The van der Waals surface area contributed by atoms with Gasteiger partial charge >= 0.3 is 0 Å². The number of nitrogens with two attached hydrogens (primary N) is 1. The molecule has 4 heteroatoms. The number of fused-ring (bicyclic) bond motifs is 2. The van der Waals surface area contributed by atoms with Crippen molar-refractivity contribution in [2.24, 2.45) is 5.73 Å². The van der Waals surface area contributed by atoms with Crippen molar-refractivity contribution in [3.63, 3.8) is 0 Å². The number of aromatic nitrogens is 1. The molecule has 1 aromatic carbocycles. The molecule has 1 atom stereocenters. The van der Waals surface area contributed by atoms with Crippen molar-refractivity contribution in [2.75, 3.05) is 13.2 Å². The van der Waals surface area contributed by atoms with E-state index in [0.717, 1.165) is 23.4 Å². The minimum Gasteiger partial charge on any atom is -0.486 e. The molecule has 0 saturated carbocycles. The fourth-order valence-corrected chi connectivity index (χ4v) is 2.23. The number of benzene rings is 1. The Kier molecular flexibility index (Phi) is 2.44. The van der Waals surface area contributed by atoms with Crippen LogP contribution in [0.15, 0.2) is 18.3 Å². The molecule has 1 aromatic heterocycles. The van der Waals surface area contributed by atoms with Crippen molar-refractivity contribution in [2.45, 2.75) is 19.4 Å². The van der Waals surface area contributed by atoms with Crippen LogP contribution in [0, 0.1) is 0 Å². The summed E-state index contributed by atoms with van der Waals surface area (Å²) in [6, 6.07) is 4.19. The van der Waals surface area contributed by atoms with Crippen LogP contribution < -0.4 is 15.2 Å². The van der Waals surface area contributed by atoms with Gasteiger partial charge in [-0.15, -0.1) is 0 Å². The van der Waals surface area contributed by atoms with Gasteiger partial charge in [-0.3, -0.25) is 0 Å². The van der Waals surface area contributed by atoms with Gasteiger partial charge in [0.1, 0.15) is 13.2 Å². The minimum atomic E-state index is 0.155. The average molecular weight is 232 g/mol. The maximum absolute atomic E-state index is 5.84. The van der Waals surface area contributed by atoms with Crippen LogP contribution in [-0.2, 0) is 6.42 Å². The fraction of sp³-hybridized carbons (Fsp3) is 0.385. The van der Waals surface area contributed by atoms with E-state index in [-0.39, 0.29) is 6.04 Å². The first kappa shape index (κ1) is 10.5. The largest absolute Gasteiger partial charge is 0.486 e. The second-order valence-electron chi connectivity index (χ2n) is 4.54. The van der Waals surface area contributed by atoms with E-state index in [1.807, 2.05) is 25.3 Å². The third kappa shape index (κ3) is 1.85. The Morgan fingerprint density at radius 2 is 2.00 bits per heavy atom. The van der Waals surface area contributed by atoms with Crippen LogP contribution in [0.5, 0.6) is 11.5 Å². The molecule has 0 fully saturated rings. The summed E-state index contributed by atoms with van der Waals surface area (Å²) in [5, 5.41) is 1.17. The van der Waals surface area contributed by atoms with Crippen molar-refractivity contribution in [1.82, 2.24) is 4.98 Å². The molecular formula is C13H16N2O2. The summed E-state index contributed by atoms with van der Waals surface area (Å²) < 4.78 is 11.1. The number of nitrogens with one attached hydrogen (secondary N) is 1. The summed E-state index contributed by atoms with van der Waals surface area (Å²) in [4.78, 5) is 3.25. The molecule has 90 valence electrons. The first-order valence-electron chi connectivity index (χ1n) is 5.89. The highest BCUT2D eigenvalue weighted by molar-refractivity contribution is 5.86. The second-order valence-corrected chi connectivity index (χ2v) is 4.54. The molecule has 0 radical (unpaired) electrons. The van der Waals surface area contributed by atoms with Crippen LogP contribution in [0.25, 0.3) is 10.9 Å². The minimum absolute atomic E-state index is 0.155. The molecule has 3 rings (SSSR count). The van der Waals surface area contributed by atoms with E-state index in [4.69, 9.17) is 15.2 Å². The molecule has 0 amide bonds. The van der Waals surface area contributed by atoms with Crippen molar-refractivity contribution in [3.8, 4) is 11.5 Å². The number of hydrogen-bond acceptors (Lipinski definition) is 3. The fourth-order valence-electron chi connectivity index (χ4n) is 2.23. The smallest absolute Gasteiger partial charge is 0.163 e. The molecule has 1 aliphatic rings. The molecule has 0 saturated heterocycles. The summed E-state index contributed by atoms with van der Waals surface area (Å²) in [6.07, 6.45) is 2.87. The van der Waals surface area contributed by atoms with Crippen LogP contribution in [0.4, 0.5) is 0 Å². The Morgan fingerprint density at radius 1 is 1.29 bits per heavy atom. The van der Waals surface area contributed by atoms with Gasteiger partial charge in [0.15, 0.2) is 11.5 Å². The van der Waals surface area contributed by atoms with Crippen LogP contribution in [0.3, 0.4) is 0 Å². The first-order valence-corrected chi connectivity index (χ1v) is 5.89. The van der Waals surface area contributed by atoms with E-state index in [9.17, 15) is 0 Å². The molecule has 0 spiro atoms. The zero-order valence-corrected chi connectivity index (χ0v) is 9.82. The van der Waals surface area contributed by atoms with Gasteiger partial charge in [0.05, 0.1) is 0 Å². The normalized spacial score (nSPS) is 16.1. The molecule has 17 heavy (non-hydrogen) atoms. The van der Waals surface area contributed by atoms with Gasteiger partial charge in [0.25, 0.3) is 0 Å². The van der Waals surface area contributed by atoms with E-state index in [2.05, 4.69) is 4.98 Å². The molecule has 2 aromatic rings. The van der Waals surface area contributed by atoms with Crippen molar-refractivity contribution in [1.29, 1.82) is 0 Å². The predicted molar refractivity (Wildman–Crippen MR) is 66.6 cm³/mol. The van der Waals surface area contributed by atoms with Crippen LogP contribution in [0.1, 0.15) is 12.5 Å². The zero-order valence-electron chi connectivity index (χ0n) is 9.82. The maximum Gasteiger partial charge on any atom is 0.163 e.